The summed E-state index contributed by atoms with van der Waals surface area (Å²) >= 11 is 1.62. The van der Waals surface area contributed by atoms with E-state index in [1.165, 1.54) is 19.3 Å². The Balaban J connectivity index is 2.17. The molecule has 0 spiro atoms. The highest BCUT2D eigenvalue weighted by molar-refractivity contribution is 7.98. The molecule has 0 bridgehead atoms. The molecule has 0 aromatic heterocycles. The van der Waals surface area contributed by atoms with Gasteiger partial charge in [-0.05, 0) is 31.9 Å². The zero-order chi connectivity index (χ0) is 15.7. The lowest BCUT2D eigenvalue weighted by molar-refractivity contribution is -0.0507. The summed E-state index contributed by atoms with van der Waals surface area (Å²) < 4.78 is 5.92. The van der Waals surface area contributed by atoms with Gasteiger partial charge in [0.25, 0.3) is 0 Å². The molecule has 5 heteroatoms. The monoisotopic (exact) mass is 319 g/mol. The Morgan fingerprint density at radius 1 is 1.38 bits per heavy atom. The molecule has 0 aromatic carbocycles. The fourth-order valence-corrected chi connectivity index (χ4v) is 3.75. The lowest BCUT2D eigenvalue weighted by Crippen LogP contribution is -2.43. The molecule has 4 unspecified atom stereocenters. The molecule has 4 atom stereocenters. The topological polar surface area (TPSA) is 61.7 Å². The average molecular weight is 320 g/mol. The molecule has 1 fully saturated rings. The zero-order valence-electron chi connectivity index (χ0n) is 13.8. The van der Waals surface area contributed by atoms with Crippen LogP contribution in [0.2, 0.25) is 0 Å². The first-order chi connectivity index (χ1) is 9.98. The summed E-state index contributed by atoms with van der Waals surface area (Å²) in [4.78, 5) is 0. The third-order valence-corrected chi connectivity index (χ3v) is 5.12. The van der Waals surface area contributed by atoms with Crippen LogP contribution in [0.15, 0.2) is 0 Å². The molecule has 4 nitrogen and oxygen atoms in total. The van der Waals surface area contributed by atoms with Gasteiger partial charge in [0.15, 0.2) is 0 Å². The molecule has 0 amide bonds. The molecule has 126 valence electrons. The minimum absolute atomic E-state index is 0.318. The molecule has 0 heterocycles. The van der Waals surface area contributed by atoms with Crippen LogP contribution in [0.4, 0.5) is 0 Å². The van der Waals surface area contributed by atoms with E-state index in [1.54, 1.807) is 11.8 Å². The SMILES string of the molecule is CCC1CCCCC1OCC(O)CNCC(C)(O)CSC. The highest BCUT2D eigenvalue weighted by Crippen LogP contribution is 2.29. The number of aliphatic hydroxyl groups excluding tert-OH is 1. The maximum Gasteiger partial charge on any atom is 0.0897 e. The lowest BCUT2D eigenvalue weighted by Gasteiger charge is -2.31. The van der Waals surface area contributed by atoms with Gasteiger partial charge in [-0.2, -0.15) is 11.8 Å². The summed E-state index contributed by atoms with van der Waals surface area (Å²) in [7, 11) is 0. The second-order valence-electron chi connectivity index (χ2n) is 6.54. The molecule has 0 aliphatic heterocycles. The van der Waals surface area contributed by atoms with Gasteiger partial charge in [-0.3, -0.25) is 0 Å². The molecular weight excluding hydrogens is 286 g/mol. The van der Waals surface area contributed by atoms with Crippen molar-refractivity contribution in [1.82, 2.24) is 5.32 Å². The van der Waals surface area contributed by atoms with Crippen molar-refractivity contribution in [2.45, 2.75) is 63.8 Å². The van der Waals surface area contributed by atoms with E-state index in [4.69, 9.17) is 4.74 Å². The van der Waals surface area contributed by atoms with Crippen LogP contribution in [-0.2, 0) is 4.74 Å². The Kier molecular flexibility index (Phi) is 9.21. The number of ether oxygens (including phenoxy) is 1. The van der Waals surface area contributed by atoms with E-state index in [2.05, 4.69) is 12.2 Å². The number of thioether (sulfide) groups is 1. The van der Waals surface area contributed by atoms with Gasteiger partial charge in [0.05, 0.1) is 24.4 Å². The molecular formula is C16H33NO3S. The molecule has 1 aliphatic rings. The Morgan fingerprint density at radius 2 is 2.10 bits per heavy atom. The minimum atomic E-state index is -0.726. The Labute approximate surface area is 134 Å². The summed E-state index contributed by atoms with van der Waals surface area (Å²) in [6.07, 6.45) is 7.89. The van der Waals surface area contributed by atoms with Gasteiger partial charge < -0.3 is 20.3 Å². The fourth-order valence-electron chi connectivity index (χ4n) is 3.02. The molecule has 0 aromatic rings. The molecule has 1 rings (SSSR count). The molecule has 1 saturated carbocycles. The summed E-state index contributed by atoms with van der Waals surface area (Å²) in [6, 6.07) is 0. The Hall–Kier alpha value is 0.190. The predicted octanol–water partition coefficient (Wildman–Crippen LogP) is 2.04. The summed E-state index contributed by atoms with van der Waals surface area (Å²) in [5, 5.41) is 23.2. The first-order valence-corrected chi connectivity index (χ1v) is 9.59. The van der Waals surface area contributed by atoms with Gasteiger partial charge in [0.2, 0.25) is 0 Å². The van der Waals surface area contributed by atoms with E-state index in [9.17, 15) is 10.2 Å². The third kappa shape index (κ3) is 7.84. The molecule has 0 saturated heterocycles. The smallest absolute Gasteiger partial charge is 0.0897 e. The fraction of sp³-hybridized carbons (Fsp3) is 1.00. The highest BCUT2D eigenvalue weighted by atomic mass is 32.2. The predicted molar refractivity (Wildman–Crippen MR) is 89.9 cm³/mol. The summed E-state index contributed by atoms with van der Waals surface area (Å²) in [5.41, 5.74) is -0.726. The van der Waals surface area contributed by atoms with Gasteiger partial charge in [-0.25, -0.2) is 0 Å². The van der Waals surface area contributed by atoms with Crippen LogP contribution in [0.5, 0.6) is 0 Å². The summed E-state index contributed by atoms with van der Waals surface area (Å²) in [5.74, 6) is 1.34. The van der Waals surface area contributed by atoms with E-state index < -0.39 is 11.7 Å². The van der Waals surface area contributed by atoms with Gasteiger partial charge >= 0.3 is 0 Å². The van der Waals surface area contributed by atoms with E-state index in [1.807, 2.05) is 13.2 Å². The molecule has 3 N–H and O–H groups in total. The molecule has 21 heavy (non-hydrogen) atoms. The van der Waals surface area contributed by atoms with Crippen molar-refractivity contribution in [3.8, 4) is 0 Å². The summed E-state index contributed by atoms with van der Waals surface area (Å²) in [6.45, 7) is 5.38. The number of aliphatic hydroxyl groups is 2. The van der Waals surface area contributed by atoms with E-state index in [-0.39, 0.29) is 0 Å². The van der Waals surface area contributed by atoms with Crippen molar-refractivity contribution >= 4 is 11.8 Å². The van der Waals surface area contributed by atoms with Crippen LogP contribution in [0.1, 0.15) is 46.0 Å². The largest absolute Gasteiger partial charge is 0.389 e. The van der Waals surface area contributed by atoms with Crippen LogP contribution < -0.4 is 5.32 Å². The number of nitrogens with one attached hydrogen (secondary N) is 1. The van der Waals surface area contributed by atoms with Crippen molar-refractivity contribution < 1.29 is 14.9 Å². The van der Waals surface area contributed by atoms with Gasteiger partial charge in [0, 0.05) is 18.8 Å². The van der Waals surface area contributed by atoms with Crippen LogP contribution in [-0.4, -0.2) is 59.7 Å². The van der Waals surface area contributed by atoms with Crippen LogP contribution in [0.3, 0.4) is 0 Å². The Morgan fingerprint density at radius 3 is 2.76 bits per heavy atom. The lowest BCUT2D eigenvalue weighted by atomic mass is 9.85. The maximum absolute atomic E-state index is 10.0. The maximum atomic E-state index is 10.0. The van der Waals surface area contributed by atoms with Gasteiger partial charge in [-0.15, -0.1) is 0 Å². The Bertz CT molecular complexity index is 276. The second-order valence-corrected chi connectivity index (χ2v) is 7.41. The first-order valence-electron chi connectivity index (χ1n) is 8.20. The number of hydrogen-bond acceptors (Lipinski definition) is 5. The molecule has 0 radical (unpaired) electrons. The van der Waals surface area contributed by atoms with Crippen molar-refractivity contribution in [2.24, 2.45) is 5.92 Å². The van der Waals surface area contributed by atoms with E-state index in [0.717, 1.165) is 12.8 Å². The highest BCUT2D eigenvalue weighted by Gasteiger charge is 2.25. The minimum Gasteiger partial charge on any atom is -0.389 e. The number of rotatable bonds is 10. The first kappa shape index (κ1) is 19.2. The van der Waals surface area contributed by atoms with Crippen LogP contribution in [0.25, 0.3) is 0 Å². The standard InChI is InChI=1S/C16H33NO3S/c1-4-13-7-5-6-8-15(13)20-10-14(18)9-17-11-16(2,19)12-21-3/h13-15,17-19H,4-12H2,1-3H3. The van der Waals surface area contributed by atoms with Crippen molar-refractivity contribution in [3.63, 3.8) is 0 Å². The normalized spacial score (nSPS) is 27.3. The van der Waals surface area contributed by atoms with Crippen molar-refractivity contribution in [1.29, 1.82) is 0 Å². The number of hydrogen-bond donors (Lipinski definition) is 3. The second kappa shape index (κ2) is 10.1. The molecule has 1 aliphatic carbocycles. The third-order valence-electron chi connectivity index (χ3n) is 4.21. The average Bonchev–Trinajstić information content (AvgIpc) is 2.45. The quantitative estimate of drug-likeness (QED) is 0.575. The van der Waals surface area contributed by atoms with Crippen molar-refractivity contribution in [3.05, 3.63) is 0 Å². The van der Waals surface area contributed by atoms with Crippen LogP contribution in [0, 0.1) is 5.92 Å². The van der Waals surface area contributed by atoms with Gasteiger partial charge in [-0.1, -0.05) is 26.2 Å². The van der Waals surface area contributed by atoms with E-state index in [0.29, 0.717) is 37.5 Å². The van der Waals surface area contributed by atoms with Crippen molar-refractivity contribution in [2.75, 3.05) is 31.7 Å². The zero-order valence-corrected chi connectivity index (χ0v) is 14.6. The van der Waals surface area contributed by atoms with E-state index >= 15 is 0 Å². The van der Waals surface area contributed by atoms with Crippen LogP contribution >= 0.6 is 11.8 Å². The van der Waals surface area contributed by atoms with Gasteiger partial charge in [0.1, 0.15) is 0 Å².